The largest absolute Gasteiger partial charge is 0.467 e. The van der Waals surface area contributed by atoms with Gasteiger partial charge < -0.3 is 20.1 Å². The molecule has 2 N–H and O–H groups in total. The smallest absolute Gasteiger partial charge is 0.324 e. The second-order valence-corrected chi connectivity index (χ2v) is 10.3. The van der Waals surface area contributed by atoms with E-state index in [1.54, 1.807) is 0 Å². The van der Waals surface area contributed by atoms with Gasteiger partial charge in [-0.15, -0.1) is 4.98 Å². The monoisotopic (exact) mass is 562 g/mol. The zero-order valence-corrected chi connectivity index (χ0v) is 21.8. The van der Waals surface area contributed by atoms with Crippen LogP contribution in [-0.2, 0) is 9.84 Å². The number of hydrogen-bond acceptors (Lipinski definition) is 10. The highest BCUT2D eigenvalue weighted by Crippen LogP contribution is 2.36. The van der Waals surface area contributed by atoms with Crippen LogP contribution in [0.2, 0.25) is 5.02 Å². The van der Waals surface area contributed by atoms with E-state index in [2.05, 4.69) is 30.6 Å². The number of methoxy groups -OCH3 is 2. The molecule has 2 aromatic carbocycles. The van der Waals surface area contributed by atoms with Crippen LogP contribution in [0, 0.1) is 11.6 Å². The SMILES string of the molecule is COc1nc(Nc2cc(S(C)(=O)=O)ccc2N[C@@H](c2cccc(Cl)c2F)c2ncccc2F)nc(OC)n1. The summed E-state index contributed by atoms with van der Waals surface area (Å²) in [5, 5.41) is 5.79. The normalized spacial score (nSPS) is 12.1. The first-order chi connectivity index (χ1) is 18.1. The lowest BCUT2D eigenvalue weighted by molar-refractivity contribution is 0.341. The van der Waals surface area contributed by atoms with Crippen molar-refractivity contribution in [2.24, 2.45) is 0 Å². The molecule has 1 atom stereocenters. The van der Waals surface area contributed by atoms with Crippen LogP contribution in [0.15, 0.2) is 59.6 Å². The van der Waals surface area contributed by atoms with Crippen molar-refractivity contribution >= 4 is 38.8 Å². The van der Waals surface area contributed by atoms with Crippen LogP contribution in [0.25, 0.3) is 0 Å². The van der Waals surface area contributed by atoms with Gasteiger partial charge >= 0.3 is 12.0 Å². The van der Waals surface area contributed by atoms with E-state index in [0.717, 1.165) is 6.26 Å². The Morgan fingerprint density at radius 1 is 0.947 bits per heavy atom. The number of rotatable bonds is 9. The van der Waals surface area contributed by atoms with Crippen molar-refractivity contribution in [1.82, 2.24) is 19.9 Å². The van der Waals surface area contributed by atoms with Gasteiger partial charge in [0.05, 0.1) is 41.6 Å². The molecular weight excluding hydrogens is 542 g/mol. The number of nitrogens with zero attached hydrogens (tertiary/aromatic N) is 4. The van der Waals surface area contributed by atoms with Crippen molar-refractivity contribution in [3.8, 4) is 12.0 Å². The zero-order valence-electron chi connectivity index (χ0n) is 20.2. The lowest BCUT2D eigenvalue weighted by atomic mass is 10.0. The number of hydrogen-bond donors (Lipinski definition) is 2. The maximum absolute atomic E-state index is 15.1. The predicted octanol–water partition coefficient (Wildman–Crippen LogP) is 4.56. The summed E-state index contributed by atoms with van der Waals surface area (Å²) >= 11 is 6.01. The van der Waals surface area contributed by atoms with Crippen molar-refractivity contribution in [2.45, 2.75) is 10.9 Å². The summed E-state index contributed by atoms with van der Waals surface area (Å²) in [5.41, 5.74) is 0.296. The van der Waals surface area contributed by atoms with Crippen molar-refractivity contribution in [3.63, 3.8) is 0 Å². The molecule has 0 spiro atoms. The third kappa shape index (κ3) is 5.89. The van der Waals surface area contributed by atoms with Gasteiger partial charge in [-0.05, 0) is 36.4 Å². The predicted molar refractivity (Wildman–Crippen MR) is 137 cm³/mol. The van der Waals surface area contributed by atoms with Gasteiger partial charge in [0.25, 0.3) is 0 Å². The average Bonchev–Trinajstić information content (AvgIpc) is 2.89. The van der Waals surface area contributed by atoms with E-state index in [-0.39, 0.29) is 50.5 Å². The molecule has 0 bridgehead atoms. The Balaban J connectivity index is 1.86. The van der Waals surface area contributed by atoms with Gasteiger partial charge in [0.15, 0.2) is 9.84 Å². The standard InChI is InChI=1S/C24H21ClF2N6O4S/c1-36-23-31-22(32-24(33-23)37-2)30-18-12-13(38(3,34)35)9-10-17(18)29-20(21-16(26)8-5-11-28-21)14-6-4-7-15(25)19(14)27/h4-12,20,29H,1-3H3,(H,30,31,32,33)/t20-/m0/s1. The number of halogens is 3. The maximum atomic E-state index is 15.1. The molecule has 0 radical (unpaired) electrons. The fraction of sp³-hybridized carbons (Fsp3) is 0.167. The molecule has 2 heterocycles. The Kier molecular flexibility index (Phi) is 7.88. The molecule has 0 aliphatic carbocycles. The fourth-order valence-electron chi connectivity index (χ4n) is 3.48. The molecule has 0 aliphatic rings. The molecule has 0 amide bonds. The summed E-state index contributed by atoms with van der Waals surface area (Å²) in [6, 6.07) is 9.71. The van der Waals surface area contributed by atoms with Gasteiger partial charge in [0, 0.05) is 18.0 Å². The van der Waals surface area contributed by atoms with Crippen molar-refractivity contribution in [3.05, 3.63) is 82.6 Å². The van der Waals surface area contributed by atoms with Crippen LogP contribution in [0.3, 0.4) is 0 Å². The Hall–Kier alpha value is -4.10. The Bertz CT molecular complexity index is 1570. The Labute approximate surface area is 222 Å². The zero-order chi connectivity index (χ0) is 27.4. The van der Waals surface area contributed by atoms with E-state index in [1.165, 1.54) is 68.9 Å². The van der Waals surface area contributed by atoms with E-state index < -0.39 is 27.5 Å². The number of nitrogens with one attached hydrogen (secondary N) is 2. The Morgan fingerprint density at radius 2 is 1.66 bits per heavy atom. The number of sulfone groups is 1. The van der Waals surface area contributed by atoms with Gasteiger partial charge in [-0.1, -0.05) is 23.7 Å². The minimum atomic E-state index is -3.63. The van der Waals surface area contributed by atoms with Gasteiger partial charge in [0.2, 0.25) is 5.95 Å². The fourth-order valence-corrected chi connectivity index (χ4v) is 4.31. The van der Waals surface area contributed by atoms with Crippen molar-refractivity contribution in [1.29, 1.82) is 0 Å². The van der Waals surface area contributed by atoms with Gasteiger partial charge in [-0.25, -0.2) is 17.2 Å². The number of pyridine rings is 1. The van der Waals surface area contributed by atoms with Crippen molar-refractivity contribution in [2.75, 3.05) is 31.1 Å². The molecule has 0 unspecified atom stereocenters. The van der Waals surface area contributed by atoms with Gasteiger partial charge in [0.1, 0.15) is 17.3 Å². The highest BCUT2D eigenvalue weighted by atomic mass is 35.5. The molecular formula is C24H21ClF2N6O4S. The average molecular weight is 563 g/mol. The number of anilines is 3. The van der Waals surface area contributed by atoms with E-state index in [9.17, 15) is 12.8 Å². The van der Waals surface area contributed by atoms with E-state index >= 15 is 4.39 Å². The highest BCUT2D eigenvalue weighted by molar-refractivity contribution is 7.90. The molecule has 198 valence electrons. The second-order valence-electron chi connectivity index (χ2n) is 7.83. The first-order valence-electron chi connectivity index (χ1n) is 10.9. The number of aromatic nitrogens is 4. The highest BCUT2D eigenvalue weighted by Gasteiger charge is 2.25. The molecule has 4 rings (SSSR count). The van der Waals surface area contributed by atoms with E-state index in [4.69, 9.17) is 21.1 Å². The van der Waals surface area contributed by atoms with Gasteiger partial charge in [-0.3, -0.25) is 4.98 Å². The van der Waals surface area contributed by atoms with Gasteiger partial charge in [-0.2, -0.15) is 9.97 Å². The molecule has 14 heteroatoms. The number of benzene rings is 2. The topological polar surface area (TPSA) is 128 Å². The van der Waals surface area contributed by atoms with Crippen molar-refractivity contribution < 1.29 is 26.7 Å². The number of ether oxygens (including phenoxy) is 2. The van der Waals surface area contributed by atoms with Crippen LogP contribution >= 0.6 is 11.6 Å². The summed E-state index contributed by atoms with van der Waals surface area (Å²) in [4.78, 5) is 16.2. The molecule has 0 aliphatic heterocycles. The quantitative estimate of drug-likeness (QED) is 0.299. The summed E-state index contributed by atoms with van der Waals surface area (Å²) in [6.07, 6.45) is 2.41. The molecule has 10 nitrogen and oxygen atoms in total. The third-order valence-electron chi connectivity index (χ3n) is 5.28. The maximum Gasteiger partial charge on any atom is 0.324 e. The minimum Gasteiger partial charge on any atom is -0.467 e. The molecule has 38 heavy (non-hydrogen) atoms. The first-order valence-corrected chi connectivity index (χ1v) is 13.1. The molecule has 0 fully saturated rings. The summed E-state index contributed by atoms with van der Waals surface area (Å²) in [7, 11) is -0.935. The molecule has 2 aromatic heterocycles. The van der Waals surface area contributed by atoms with Crippen LogP contribution in [0.4, 0.5) is 26.1 Å². The molecule has 0 saturated heterocycles. The van der Waals surface area contributed by atoms with Crippen LogP contribution in [-0.4, -0.2) is 48.8 Å². The Morgan fingerprint density at radius 3 is 2.29 bits per heavy atom. The van der Waals surface area contributed by atoms with Crippen LogP contribution < -0.4 is 20.1 Å². The molecule has 0 saturated carbocycles. The lowest BCUT2D eigenvalue weighted by Crippen LogP contribution is -2.18. The summed E-state index contributed by atoms with van der Waals surface area (Å²) in [5.74, 6) is -1.51. The van der Waals surface area contributed by atoms with Crippen LogP contribution in [0.1, 0.15) is 17.3 Å². The summed E-state index contributed by atoms with van der Waals surface area (Å²) in [6.45, 7) is 0. The summed E-state index contributed by atoms with van der Waals surface area (Å²) < 4.78 is 64.7. The molecule has 4 aromatic rings. The second kappa shape index (κ2) is 11.1. The van der Waals surface area contributed by atoms with E-state index in [1.807, 2.05) is 0 Å². The minimum absolute atomic E-state index is 0.0109. The third-order valence-corrected chi connectivity index (χ3v) is 6.68. The van der Waals surface area contributed by atoms with Crippen LogP contribution in [0.5, 0.6) is 12.0 Å². The van der Waals surface area contributed by atoms with E-state index in [0.29, 0.717) is 0 Å². The lowest BCUT2D eigenvalue weighted by Gasteiger charge is -2.23. The first kappa shape index (κ1) is 26.9.